The number of esters is 1. The lowest BCUT2D eigenvalue weighted by atomic mass is 9.87. The van der Waals surface area contributed by atoms with Gasteiger partial charge >= 0.3 is 18.3 Å². The molecule has 0 N–H and O–H groups in total. The fourth-order valence-corrected chi connectivity index (χ4v) is 3.77. The smallest absolute Gasteiger partial charge is 0.416 e. The van der Waals surface area contributed by atoms with Crippen LogP contribution in [0.1, 0.15) is 60.5 Å². The molecule has 11 heteroatoms. The van der Waals surface area contributed by atoms with Gasteiger partial charge in [0, 0.05) is 31.3 Å². The summed E-state index contributed by atoms with van der Waals surface area (Å²) in [5, 5.41) is 0. The van der Waals surface area contributed by atoms with Gasteiger partial charge in [-0.2, -0.15) is 22.0 Å². The molecule has 0 saturated carbocycles. The van der Waals surface area contributed by atoms with Gasteiger partial charge in [0.05, 0.1) is 30.4 Å². The minimum atomic E-state index is -4.43. The van der Waals surface area contributed by atoms with E-state index in [1.807, 2.05) is 0 Å². The molecule has 1 unspecified atom stereocenters. The third-order valence-electron chi connectivity index (χ3n) is 5.72. The number of ether oxygens (including phenoxy) is 2. The standard InChI is InChI=1S/C23H26F5N3O3/c1-3-22(24,25)34-14-19-10-7-16(15-5-8-18(9-6-15)23(26,27)28)13-31(19)21-29-11-17(12-30-21)20(32)33-4-2/h5-6,8-9,11-12,16,19H,3-4,7,10,13-14H2,1-2H3/t16?,19-/m1/s1. The largest absolute Gasteiger partial charge is 0.462 e. The van der Waals surface area contributed by atoms with Crippen molar-refractivity contribution in [2.24, 2.45) is 0 Å². The Morgan fingerprint density at radius 3 is 2.26 bits per heavy atom. The number of carbonyl (C=O) groups is 1. The van der Waals surface area contributed by atoms with E-state index in [-0.39, 0.29) is 37.2 Å². The lowest BCUT2D eigenvalue weighted by Gasteiger charge is -2.40. The lowest BCUT2D eigenvalue weighted by molar-refractivity contribution is -0.242. The average Bonchev–Trinajstić information content (AvgIpc) is 2.82. The number of piperidine rings is 1. The first-order chi connectivity index (χ1) is 16.0. The Hall–Kier alpha value is -2.82. The molecule has 3 rings (SSSR count). The van der Waals surface area contributed by atoms with Crippen LogP contribution < -0.4 is 4.90 Å². The number of rotatable bonds is 8. The molecule has 1 aliphatic heterocycles. The zero-order valence-corrected chi connectivity index (χ0v) is 18.8. The van der Waals surface area contributed by atoms with Crippen LogP contribution in [0.3, 0.4) is 0 Å². The van der Waals surface area contributed by atoms with Crippen LogP contribution in [0.4, 0.5) is 27.9 Å². The first-order valence-corrected chi connectivity index (χ1v) is 11.0. The summed E-state index contributed by atoms with van der Waals surface area (Å²) in [6.07, 6.45) is -4.59. The van der Waals surface area contributed by atoms with Gasteiger partial charge in [-0.3, -0.25) is 0 Å². The van der Waals surface area contributed by atoms with Crippen molar-refractivity contribution < 1.29 is 36.2 Å². The molecule has 1 saturated heterocycles. The van der Waals surface area contributed by atoms with Crippen LogP contribution in [0, 0.1) is 0 Å². The summed E-state index contributed by atoms with van der Waals surface area (Å²) in [6, 6.07) is 4.44. The molecule has 0 amide bonds. The van der Waals surface area contributed by atoms with Gasteiger partial charge in [0.2, 0.25) is 5.95 Å². The molecule has 34 heavy (non-hydrogen) atoms. The molecule has 0 bridgehead atoms. The fourth-order valence-electron chi connectivity index (χ4n) is 3.77. The predicted octanol–water partition coefficient (Wildman–Crippen LogP) is 5.44. The molecule has 1 aliphatic rings. The number of anilines is 1. The topological polar surface area (TPSA) is 64.5 Å². The molecule has 1 aromatic heterocycles. The van der Waals surface area contributed by atoms with Crippen LogP contribution in [0.15, 0.2) is 36.7 Å². The maximum absolute atomic E-state index is 13.7. The van der Waals surface area contributed by atoms with Crippen molar-refractivity contribution in [3.63, 3.8) is 0 Å². The third kappa shape index (κ3) is 6.40. The number of alkyl halides is 5. The SMILES string of the molecule is CCOC(=O)c1cnc(N2CC(c3ccc(C(F)(F)F)cc3)CC[C@@H]2COC(F)(F)CC)nc1. The number of hydrogen-bond donors (Lipinski definition) is 0. The Labute approximate surface area is 194 Å². The summed E-state index contributed by atoms with van der Waals surface area (Å²) in [5.41, 5.74) is 0.0986. The number of hydrogen-bond acceptors (Lipinski definition) is 6. The Morgan fingerprint density at radius 1 is 1.06 bits per heavy atom. The first kappa shape index (κ1) is 25.8. The quantitative estimate of drug-likeness (QED) is 0.365. The van der Waals surface area contributed by atoms with E-state index in [2.05, 4.69) is 9.97 Å². The molecule has 0 aliphatic carbocycles. The van der Waals surface area contributed by atoms with Gasteiger partial charge in [0.15, 0.2) is 0 Å². The Bertz CT molecular complexity index is 952. The predicted molar refractivity (Wildman–Crippen MR) is 114 cm³/mol. The summed E-state index contributed by atoms with van der Waals surface area (Å²) in [6.45, 7) is 3.18. The van der Waals surface area contributed by atoms with Crippen molar-refractivity contribution in [3.8, 4) is 0 Å². The Balaban J connectivity index is 1.82. The summed E-state index contributed by atoms with van der Waals surface area (Å²) < 4.78 is 75.9. The van der Waals surface area contributed by atoms with E-state index < -0.39 is 36.3 Å². The normalized spacial score (nSPS) is 19.2. The van der Waals surface area contributed by atoms with Crippen molar-refractivity contribution in [3.05, 3.63) is 53.3 Å². The molecular formula is C23H26F5N3O3. The molecule has 6 nitrogen and oxygen atoms in total. The lowest BCUT2D eigenvalue weighted by Crippen LogP contribution is -2.47. The van der Waals surface area contributed by atoms with Crippen molar-refractivity contribution in [2.45, 2.75) is 57.4 Å². The summed E-state index contributed by atoms with van der Waals surface area (Å²) >= 11 is 0. The second-order valence-electron chi connectivity index (χ2n) is 7.99. The van der Waals surface area contributed by atoms with Gasteiger partial charge in [-0.15, -0.1) is 0 Å². The number of carbonyl (C=O) groups excluding carboxylic acids is 1. The Morgan fingerprint density at radius 2 is 1.71 bits per heavy atom. The molecule has 0 spiro atoms. The second-order valence-corrected chi connectivity index (χ2v) is 7.99. The van der Waals surface area contributed by atoms with Crippen LogP contribution in [0.5, 0.6) is 0 Å². The third-order valence-corrected chi connectivity index (χ3v) is 5.72. The van der Waals surface area contributed by atoms with E-state index in [4.69, 9.17) is 9.47 Å². The van der Waals surface area contributed by atoms with Gasteiger partial charge in [-0.1, -0.05) is 19.1 Å². The zero-order chi connectivity index (χ0) is 24.9. The van der Waals surface area contributed by atoms with E-state index in [9.17, 15) is 26.7 Å². The summed E-state index contributed by atoms with van der Waals surface area (Å²) in [4.78, 5) is 22.0. The molecule has 1 aromatic carbocycles. The van der Waals surface area contributed by atoms with E-state index in [1.54, 1.807) is 11.8 Å². The minimum absolute atomic E-state index is 0.146. The number of nitrogens with zero attached hydrogens (tertiary/aromatic N) is 3. The van der Waals surface area contributed by atoms with Crippen molar-refractivity contribution in [1.82, 2.24) is 9.97 Å². The van der Waals surface area contributed by atoms with E-state index in [0.29, 0.717) is 18.4 Å². The van der Waals surface area contributed by atoms with Crippen LogP contribution >= 0.6 is 0 Å². The van der Waals surface area contributed by atoms with E-state index in [1.165, 1.54) is 31.5 Å². The molecule has 1 fully saturated rings. The fraction of sp³-hybridized carbons (Fsp3) is 0.522. The van der Waals surface area contributed by atoms with Gasteiger partial charge in [0.25, 0.3) is 0 Å². The highest BCUT2D eigenvalue weighted by atomic mass is 19.4. The molecule has 2 heterocycles. The van der Waals surface area contributed by atoms with Gasteiger partial charge in [-0.05, 0) is 37.5 Å². The molecule has 2 atom stereocenters. The number of aromatic nitrogens is 2. The van der Waals surface area contributed by atoms with E-state index in [0.717, 1.165) is 12.1 Å². The second kappa shape index (κ2) is 10.6. The van der Waals surface area contributed by atoms with Crippen molar-refractivity contribution >= 4 is 11.9 Å². The molecule has 0 radical (unpaired) electrons. The number of halogens is 5. The maximum Gasteiger partial charge on any atom is 0.416 e. The summed E-state index contributed by atoms with van der Waals surface area (Å²) in [5.74, 6) is -0.547. The van der Waals surface area contributed by atoms with Gasteiger partial charge in [-0.25, -0.2) is 14.8 Å². The van der Waals surface area contributed by atoms with Crippen molar-refractivity contribution in [2.75, 3.05) is 24.7 Å². The number of benzene rings is 1. The van der Waals surface area contributed by atoms with Crippen LogP contribution in [0.25, 0.3) is 0 Å². The van der Waals surface area contributed by atoms with Crippen LogP contribution in [0.2, 0.25) is 0 Å². The zero-order valence-electron chi connectivity index (χ0n) is 18.8. The van der Waals surface area contributed by atoms with Crippen LogP contribution in [-0.2, 0) is 15.7 Å². The first-order valence-electron chi connectivity index (χ1n) is 11.0. The van der Waals surface area contributed by atoms with Crippen LogP contribution in [-0.4, -0.2) is 47.8 Å². The summed E-state index contributed by atoms with van der Waals surface area (Å²) in [7, 11) is 0. The molecule has 186 valence electrons. The minimum Gasteiger partial charge on any atom is -0.462 e. The monoisotopic (exact) mass is 487 g/mol. The van der Waals surface area contributed by atoms with E-state index >= 15 is 0 Å². The highest BCUT2D eigenvalue weighted by molar-refractivity contribution is 5.88. The molecular weight excluding hydrogens is 461 g/mol. The molecule has 2 aromatic rings. The maximum atomic E-state index is 13.7. The highest BCUT2D eigenvalue weighted by Crippen LogP contribution is 2.35. The van der Waals surface area contributed by atoms with Gasteiger partial charge in [0.1, 0.15) is 0 Å². The average molecular weight is 487 g/mol. The Kier molecular flexibility index (Phi) is 8.06. The highest BCUT2D eigenvalue weighted by Gasteiger charge is 2.35. The van der Waals surface area contributed by atoms with Crippen molar-refractivity contribution in [1.29, 1.82) is 0 Å². The van der Waals surface area contributed by atoms with Gasteiger partial charge < -0.3 is 14.4 Å².